The highest BCUT2D eigenvalue weighted by Gasteiger charge is 2.26. The summed E-state index contributed by atoms with van der Waals surface area (Å²) >= 11 is 0. The predicted octanol–water partition coefficient (Wildman–Crippen LogP) is 1.56. The molecule has 3 unspecified atom stereocenters. The van der Waals surface area contributed by atoms with E-state index >= 15 is 0 Å². The molecule has 148 valence electrons. The largest absolute Gasteiger partial charge is 0.462 e. The van der Waals surface area contributed by atoms with Gasteiger partial charge in [0.05, 0.1) is 25.2 Å². The van der Waals surface area contributed by atoms with Crippen LogP contribution in [0.2, 0.25) is 0 Å². The topological polar surface area (TPSA) is 113 Å². The molecule has 0 saturated carbocycles. The van der Waals surface area contributed by atoms with E-state index in [0.29, 0.717) is 12.8 Å². The van der Waals surface area contributed by atoms with Crippen LogP contribution in [0.4, 0.5) is 0 Å². The second-order valence-electron chi connectivity index (χ2n) is 6.29. The lowest BCUT2D eigenvalue weighted by molar-refractivity contribution is -0.166. The van der Waals surface area contributed by atoms with E-state index in [0.717, 1.165) is 32.1 Å². The van der Waals surface area contributed by atoms with E-state index in [2.05, 4.69) is 0 Å². The van der Waals surface area contributed by atoms with Gasteiger partial charge in [0.25, 0.3) is 0 Å². The zero-order valence-electron chi connectivity index (χ0n) is 15.5. The zero-order chi connectivity index (χ0) is 19.1. The molecule has 7 nitrogen and oxygen atoms in total. The molecule has 0 aliphatic heterocycles. The third kappa shape index (κ3) is 11.9. The van der Waals surface area contributed by atoms with Crippen molar-refractivity contribution in [1.82, 2.24) is 0 Å². The van der Waals surface area contributed by atoms with Crippen molar-refractivity contribution in [3.8, 4) is 0 Å². The van der Waals surface area contributed by atoms with E-state index in [1.807, 2.05) is 13.8 Å². The zero-order valence-corrected chi connectivity index (χ0v) is 15.5. The first-order valence-corrected chi connectivity index (χ1v) is 9.24. The van der Waals surface area contributed by atoms with Gasteiger partial charge in [0, 0.05) is 6.42 Å². The number of carbonyl (C=O) groups excluding carboxylic acids is 2. The molecule has 0 saturated heterocycles. The maximum atomic E-state index is 12.3. The summed E-state index contributed by atoms with van der Waals surface area (Å²) in [6, 6.07) is 0. The molecule has 0 aliphatic carbocycles. The standard InChI is InChI=1S/C18H34O7/c1-3-5-7-9-17(22)24-13-16(12-20)25-18(23)14(8-6-4-2)10-15(21)11-19/h14-16,19-21H,3-13H2,1-2H3. The Morgan fingerprint density at radius 3 is 2.24 bits per heavy atom. The van der Waals surface area contributed by atoms with Crippen molar-refractivity contribution in [1.29, 1.82) is 0 Å². The molecule has 0 heterocycles. The van der Waals surface area contributed by atoms with Crippen LogP contribution < -0.4 is 0 Å². The number of aliphatic hydroxyl groups is 3. The van der Waals surface area contributed by atoms with Crippen molar-refractivity contribution in [2.24, 2.45) is 5.92 Å². The summed E-state index contributed by atoms with van der Waals surface area (Å²) in [6.45, 7) is 2.97. The predicted molar refractivity (Wildman–Crippen MR) is 92.8 cm³/mol. The van der Waals surface area contributed by atoms with Crippen molar-refractivity contribution in [3.05, 3.63) is 0 Å². The summed E-state index contributed by atoms with van der Waals surface area (Å²) in [7, 11) is 0. The van der Waals surface area contributed by atoms with E-state index in [9.17, 15) is 19.8 Å². The molecule has 0 rings (SSSR count). The Balaban J connectivity index is 4.42. The van der Waals surface area contributed by atoms with Gasteiger partial charge in [0.15, 0.2) is 6.10 Å². The van der Waals surface area contributed by atoms with E-state index in [4.69, 9.17) is 14.6 Å². The Morgan fingerprint density at radius 2 is 1.68 bits per heavy atom. The first-order valence-electron chi connectivity index (χ1n) is 9.24. The van der Waals surface area contributed by atoms with Crippen molar-refractivity contribution in [2.45, 2.75) is 77.4 Å². The van der Waals surface area contributed by atoms with Crippen molar-refractivity contribution >= 4 is 11.9 Å². The van der Waals surface area contributed by atoms with E-state index in [1.54, 1.807) is 0 Å². The van der Waals surface area contributed by atoms with Crippen molar-refractivity contribution < 1.29 is 34.4 Å². The summed E-state index contributed by atoms with van der Waals surface area (Å²) in [5.41, 5.74) is 0. The Kier molecular flexibility index (Phi) is 14.4. The molecule has 25 heavy (non-hydrogen) atoms. The molecule has 0 amide bonds. The fourth-order valence-electron chi connectivity index (χ4n) is 2.35. The Morgan fingerprint density at radius 1 is 1.00 bits per heavy atom. The molecule has 0 spiro atoms. The third-order valence-corrected chi connectivity index (χ3v) is 3.91. The average Bonchev–Trinajstić information content (AvgIpc) is 2.61. The van der Waals surface area contributed by atoms with E-state index in [1.165, 1.54) is 0 Å². The number of esters is 2. The van der Waals surface area contributed by atoms with Crippen LogP contribution in [0.1, 0.15) is 65.2 Å². The Labute approximate surface area is 150 Å². The van der Waals surface area contributed by atoms with Crippen LogP contribution in [0.15, 0.2) is 0 Å². The summed E-state index contributed by atoms with van der Waals surface area (Å²) in [6.07, 6.45) is 3.40. The molecule has 0 fully saturated rings. The Hall–Kier alpha value is -1.18. The lowest BCUT2D eigenvalue weighted by Gasteiger charge is -2.22. The highest BCUT2D eigenvalue weighted by molar-refractivity contribution is 5.73. The van der Waals surface area contributed by atoms with Crippen LogP contribution in [0, 0.1) is 5.92 Å². The number of ether oxygens (including phenoxy) is 2. The minimum atomic E-state index is -0.988. The molecule has 0 aromatic rings. The van der Waals surface area contributed by atoms with Gasteiger partial charge < -0.3 is 24.8 Å². The third-order valence-electron chi connectivity index (χ3n) is 3.91. The second-order valence-corrected chi connectivity index (χ2v) is 6.29. The van der Waals surface area contributed by atoms with Crippen molar-refractivity contribution in [3.63, 3.8) is 0 Å². The van der Waals surface area contributed by atoms with Gasteiger partial charge in [-0.25, -0.2) is 0 Å². The fraction of sp³-hybridized carbons (Fsp3) is 0.889. The smallest absolute Gasteiger partial charge is 0.309 e. The molecule has 0 radical (unpaired) electrons. The second kappa shape index (κ2) is 15.1. The minimum Gasteiger partial charge on any atom is -0.462 e. The van der Waals surface area contributed by atoms with Gasteiger partial charge in [-0.1, -0.05) is 39.5 Å². The molecular weight excluding hydrogens is 328 g/mol. The molecule has 0 aromatic heterocycles. The normalized spacial score (nSPS) is 14.6. The number of aliphatic hydroxyl groups excluding tert-OH is 3. The first kappa shape index (κ1) is 23.8. The van der Waals surface area contributed by atoms with Crippen LogP contribution in [-0.4, -0.2) is 59.3 Å². The van der Waals surface area contributed by atoms with Gasteiger partial charge in [-0.3, -0.25) is 9.59 Å². The van der Waals surface area contributed by atoms with Crippen LogP contribution in [0.3, 0.4) is 0 Å². The summed E-state index contributed by atoms with van der Waals surface area (Å²) in [5, 5.41) is 27.9. The maximum absolute atomic E-state index is 12.3. The van der Waals surface area contributed by atoms with Gasteiger partial charge in [-0.15, -0.1) is 0 Å². The maximum Gasteiger partial charge on any atom is 0.309 e. The van der Waals surface area contributed by atoms with E-state index in [-0.39, 0.29) is 19.0 Å². The van der Waals surface area contributed by atoms with E-state index < -0.39 is 37.3 Å². The molecule has 7 heteroatoms. The summed E-state index contributed by atoms with van der Waals surface area (Å²) < 4.78 is 10.3. The number of rotatable bonds is 15. The lowest BCUT2D eigenvalue weighted by atomic mass is 9.95. The highest BCUT2D eigenvalue weighted by Crippen LogP contribution is 2.18. The molecule has 0 aromatic carbocycles. The van der Waals surface area contributed by atoms with Gasteiger partial charge in [0.2, 0.25) is 0 Å². The molecule has 3 atom stereocenters. The Bertz CT molecular complexity index is 359. The number of hydrogen-bond acceptors (Lipinski definition) is 7. The number of unbranched alkanes of at least 4 members (excludes halogenated alkanes) is 3. The van der Waals surface area contributed by atoms with Gasteiger partial charge in [-0.05, 0) is 19.3 Å². The quantitative estimate of drug-likeness (QED) is 0.299. The highest BCUT2D eigenvalue weighted by atomic mass is 16.6. The summed E-state index contributed by atoms with van der Waals surface area (Å²) in [4.78, 5) is 23.8. The summed E-state index contributed by atoms with van der Waals surface area (Å²) in [5.74, 6) is -1.49. The van der Waals surface area contributed by atoms with Crippen molar-refractivity contribution in [2.75, 3.05) is 19.8 Å². The molecule has 0 aliphatic rings. The number of carbonyl (C=O) groups is 2. The lowest BCUT2D eigenvalue weighted by Crippen LogP contribution is -2.33. The van der Waals surface area contributed by atoms with Crippen LogP contribution in [-0.2, 0) is 19.1 Å². The van der Waals surface area contributed by atoms with Crippen LogP contribution in [0.25, 0.3) is 0 Å². The van der Waals surface area contributed by atoms with Crippen LogP contribution in [0.5, 0.6) is 0 Å². The van der Waals surface area contributed by atoms with Crippen LogP contribution >= 0.6 is 0 Å². The average molecular weight is 362 g/mol. The SMILES string of the molecule is CCCCCC(=O)OCC(CO)OC(=O)C(CCCC)CC(O)CO. The van der Waals surface area contributed by atoms with Gasteiger partial charge in [-0.2, -0.15) is 0 Å². The molecule has 0 bridgehead atoms. The first-order chi connectivity index (χ1) is 12.0. The minimum absolute atomic E-state index is 0.101. The van der Waals surface area contributed by atoms with Gasteiger partial charge >= 0.3 is 11.9 Å². The fourth-order valence-corrected chi connectivity index (χ4v) is 2.35. The molecular formula is C18H34O7. The monoisotopic (exact) mass is 362 g/mol. The molecule has 3 N–H and O–H groups in total. The number of hydrogen-bond donors (Lipinski definition) is 3. The van der Waals surface area contributed by atoms with Gasteiger partial charge in [0.1, 0.15) is 6.61 Å².